The van der Waals surface area contributed by atoms with Crippen molar-refractivity contribution < 1.29 is 14.6 Å². The quantitative estimate of drug-likeness (QED) is 0.787. The van der Waals surface area contributed by atoms with Gasteiger partial charge in [0.05, 0.1) is 6.10 Å². The van der Waals surface area contributed by atoms with Crippen molar-refractivity contribution in [3.63, 3.8) is 0 Å². The van der Waals surface area contributed by atoms with Crippen molar-refractivity contribution >= 4 is 5.91 Å². The largest absolute Gasteiger partial charge is 0.396 e. The maximum atomic E-state index is 12.5. The van der Waals surface area contributed by atoms with Gasteiger partial charge in [-0.25, -0.2) is 0 Å². The second-order valence-corrected chi connectivity index (χ2v) is 6.44. The highest BCUT2D eigenvalue weighted by Crippen LogP contribution is 2.30. The fourth-order valence-electron chi connectivity index (χ4n) is 3.47. The Morgan fingerprint density at radius 1 is 1.25 bits per heavy atom. The molecule has 0 aromatic heterocycles. The molecular formula is C16H29NO3. The Hall–Kier alpha value is -0.610. The molecule has 2 unspecified atom stereocenters. The van der Waals surface area contributed by atoms with E-state index in [4.69, 9.17) is 9.84 Å². The Balaban J connectivity index is 1.71. The molecule has 0 aromatic rings. The second-order valence-electron chi connectivity index (χ2n) is 6.44. The molecule has 1 heterocycles. The standard InChI is InChI=1S/C16H29NO3/c1-13-4-2-5-14(12-13)16(19)17-8-6-15(7-9-17)20-11-3-10-18/h13-15,18H,2-12H2,1H3. The molecule has 4 heteroatoms. The number of hydrogen-bond donors (Lipinski definition) is 1. The van der Waals surface area contributed by atoms with Crippen LogP contribution in [0.5, 0.6) is 0 Å². The van der Waals surface area contributed by atoms with Crippen molar-refractivity contribution in [3.05, 3.63) is 0 Å². The molecule has 0 bridgehead atoms. The predicted octanol–water partition coefficient (Wildman–Crippen LogP) is 2.20. The molecule has 2 aliphatic rings. The fraction of sp³-hybridized carbons (Fsp3) is 0.938. The third kappa shape index (κ3) is 4.45. The molecule has 1 N–H and O–H groups in total. The summed E-state index contributed by atoms with van der Waals surface area (Å²) in [6.07, 6.45) is 7.51. The van der Waals surface area contributed by atoms with E-state index in [0.29, 0.717) is 24.9 Å². The summed E-state index contributed by atoms with van der Waals surface area (Å²) in [5.74, 6) is 1.35. The number of aliphatic hydroxyl groups excluding tert-OH is 1. The van der Waals surface area contributed by atoms with Crippen LogP contribution in [0.1, 0.15) is 51.9 Å². The first-order valence-electron chi connectivity index (χ1n) is 8.22. The summed E-state index contributed by atoms with van der Waals surface area (Å²) in [4.78, 5) is 14.6. The van der Waals surface area contributed by atoms with E-state index in [1.807, 2.05) is 0 Å². The third-order valence-corrected chi connectivity index (χ3v) is 4.70. The van der Waals surface area contributed by atoms with E-state index in [9.17, 15) is 4.79 Å². The zero-order valence-electron chi connectivity index (χ0n) is 12.7. The lowest BCUT2D eigenvalue weighted by Crippen LogP contribution is -2.44. The molecule has 1 aliphatic carbocycles. The first kappa shape index (κ1) is 15.8. The molecule has 1 saturated heterocycles. The van der Waals surface area contributed by atoms with Gasteiger partial charge in [0.15, 0.2) is 0 Å². The molecule has 116 valence electrons. The van der Waals surface area contributed by atoms with Crippen LogP contribution >= 0.6 is 0 Å². The lowest BCUT2D eigenvalue weighted by Gasteiger charge is -2.36. The number of rotatable bonds is 5. The summed E-state index contributed by atoms with van der Waals surface area (Å²) in [6.45, 7) is 4.77. The molecule has 0 spiro atoms. The van der Waals surface area contributed by atoms with Crippen LogP contribution in [-0.4, -0.2) is 48.3 Å². The number of nitrogens with zero attached hydrogens (tertiary/aromatic N) is 1. The van der Waals surface area contributed by atoms with Gasteiger partial charge in [-0.2, -0.15) is 0 Å². The van der Waals surface area contributed by atoms with Crippen molar-refractivity contribution in [2.75, 3.05) is 26.3 Å². The van der Waals surface area contributed by atoms with Gasteiger partial charge in [0.25, 0.3) is 0 Å². The van der Waals surface area contributed by atoms with E-state index >= 15 is 0 Å². The smallest absolute Gasteiger partial charge is 0.225 e. The van der Waals surface area contributed by atoms with Gasteiger partial charge >= 0.3 is 0 Å². The monoisotopic (exact) mass is 283 g/mol. The van der Waals surface area contributed by atoms with Gasteiger partial charge in [-0.1, -0.05) is 19.8 Å². The van der Waals surface area contributed by atoms with Crippen LogP contribution in [0.2, 0.25) is 0 Å². The number of likely N-dealkylation sites (tertiary alicyclic amines) is 1. The summed E-state index contributed by atoms with van der Waals surface area (Å²) in [5, 5.41) is 8.74. The zero-order valence-corrected chi connectivity index (χ0v) is 12.7. The number of carbonyl (C=O) groups excluding carboxylic acids is 1. The average molecular weight is 283 g/mol. The van der Waals surface area contributed by atoms with Crippen LogP contribution in [0.25, 0.3) is 0 Å². The number of carbonyl (C=O) groups is 1. The lowest BCUT2D eigenvalue weighted by molar-refractivity contribution is -0.139. The fourth-order valence-corrected chi connectivity index (χ4v) is 3.47. The maximum Gasteiger partial charge on any atom is 0.225 e. The number of hydrogen-bond acceptors (Lipinski definition) is 3. The van der Waals surface area contributed by atoms with Gasteiger partial charge in [0.1, 0.15) is 0 Å². The van der Waals surface area contributed by atoms with Crippen molar-refractivity contribution in [2.45, 2.75) is 58.0 Å². The van der Waals surface area contributed by atoms with E-state index in [0.717, 1.165) is 38.8 Å². The SMILES string of the molecule is CC1CCCC(C(=O)N2CCC(OCCCO)CC2)C1. The normalized spacial score (nSPS) is 28.6. The van der Waals surface area contributed by atoms with Crippen molar-refractivity contribution in [3.8, 4) is 0 Å². The van der Waals surface area contributed by atoms with E-state index < -0.39 is 0 Å². The van der Waals surface area contributed by atoms with Crippen molar-refractivity contribution in [1.29, 1.82) is 0 Å². The molecule has 2 fully saturated rings. The minimum atomic E-state index is 0.192. The number of amides is 1. The second kappa shape index (κ2) is 7.99. The minimum absolute atomic E-state index is 0.192. The summed E-state index contributed by atoms with van der Waals surface area (Å²) in [6, 6.07) is 0. The molecular weight excluding hydrogens is 254 g/mol. The van der Waals surface area contributed by atoms with Gasteiger partial charge < -0.3 is 14.7 Å². The Morgan fingerprint density at radius 2 is 2.00 bits per heavy atom. The molecule has 0 aromatic carbocycles. The Kier molecular flexibility index (Phi) is 6.30. The van der Waals surface area contributed by atoms with Crippen LogP contribution < -0.4 is 0 Å². The van der Waals surface area contributed by atoms with Crippen LogP contribution in [0.15, 0.2) is 0 Å². The highest BCUT2D eigenvalue weighted by atomic mass is 16.5. The van der Waals surface area contributed by atoms with Gasteiger partial charge in [0, 0.05) is 32.2 Å². The maximum absolute atomic E-state index is 12.5. The minimum Gasteiger partial charge on any atom is -0.396 e. The first-order chi connectivity index (χ1) is 9.70. The zero-order chi connectivity index (χ0) is 14.4. The Labute approximate surface area is 122 Å². The highest BCUT2D eigenvalue weighted by Gasteiger charge is 2.31. The Bertz CT molecular complexity index is 300. The third-order valence-electron chi connectivity index (χ3n) is 4.70. The van der Waals surface area contributed by atoms with E-state index in [1.54, 1.807) is 0 Å². The average Bonchev–Trinajstić information content (AvgIpc) is 2.47. The predicted molar refractivity (Wildman–Crippen MR) is 78.4 cm³/mol. The molecule has 20 heavy (non-hydrogen) atoms. The van der Waals surface area contributed by atoms with Crippen molar-refractivity contribution in [1.82, 2.24) is 4.90 Å². The van der Waals surface area contributed by atoms with E-state index in [1.165, 1.54) is 12.8 Å². The lowest BCUT2D eigenvalue weighted by atomic mass is 9.81. The molecule has 4 nitrogen and oxygen atoms in total. The van der Waals surface area contributed by atoms with Gasteiger partial charge in [-0.05, 0) is 38.0 Å². The van der Waals surface area contributed by atoms with Gasteiger partial charge in [0.2, 0.25) is 5.91 Å². The summed E-state index contributed by atoms with van der Waals surface area (Å²) >= 11 is 0. The van der Waals surface area contributed by atoms with Crippen molar-refractivity contribution in [2.24, 2.45) is 11.8 Å². The summed E-state index contributed by atoms with van der Waals surface area (Å²) in [5.41, 5.74) is 0. The topological polar surface area (TPSA) is 49.8 Å². The summed E-state index contributed by atoms with van der Waals surface area (Å²) in [7, 11) is 0. The molecule has 1 aliphatic heterocycles. The molecule has 2 rings (SSSR count). The number of ether oxygens (including phenoxy) is 1. The Morgan fingerprint density at radius 3 is 2.65 bits per heavy atom. The number of piperidine rings is 1. The molecule has 1 saturated carbocycles. The van der Waals surface area contributed by atoms with E-state index in [-0.39, 0.29) is 18.6 Å². The van der Waals surface area contributed by atoms with Crippen LogP contribution in [0.4, 0.5) is 0 Å². The van der Waals surface area contributed by atoms with Crippen LogP contribution in [-0.2, 0) is 9.53 Å². The summed E-state index contributed by atoms with van der Waals surface area (Å²) < 4.78 is 5.72. The van der Waals surface area contributed by atoms with Crippen LogP contribution in [0.3, 0.4) is 0 Å². The van der Waals surface area contributed by atoms with E-state index in [2.05, 4.69) is 11.8 Å². The van der Waals surface area contributed by atoms with Gasteiger partial charge in [-0.3, -0.25) is 4.79 Å². The van der Waals surface area contributed by atoms with Gasteiger partial charge in [-0.15, -0.1) is 0 Å². The molecule has 1 amide bonds. The highest BCUT2D eigenvalue weighted by molar-refractivity contribution is 5.79. The van der Waals surface area contributed by atoms with Crippen LogP contribution in [0, 0.1) is 11.8 Å². The number of aliphatic hydroxyl groups is 1. The molecule has 0 radical (unpaired) electrons. The first-order valence-corrected chi connectivity index (χ1v) is 8.22. The molecule has 2 atom stereocenters.